The molecule has 2 aliphatic rings. The number of amides is 1. The summed E-state index contributed by atoms with van der Waals surface area (Å²) >= 11 is 0. The Kier molecular flexibility index (Phi) is 5.67. The van der Waals surface area contributed by atoms with Gasteiger partial charge in [-0.2, -0.15) is 0 Å². The van der Waals surface area contributed by atoms with E-state index in [4.69, 9.17) is 0 Å². The van der Waals surface area contributed by atoms with Gasteiger partial charge in [-0.3, -0.25) is 4.79 Å². The second-order valence-electron chi connectivity index (χ2n) is 8.30. The maximum absolute atomic E-state index is 13.6. The van der Waals surface area contributed by atoms with E-state index >= 15 is 0 Å². The summed E-state index contributed by atoms with van der Waals surface area (Å²) in [6.45, 7) is 1.87. The van der Waals surface area contributed by atoms with Crippen molar-refractivity contribution in [2.75, 3.05) is 32.1 Å². The van der Waals surface area contributed by atoms with E-state index < -0.39 is 0 Å². The number of carbonyl (C=O) groups excluding carboxylic acids is 1. The highest BCUT2D eigenvalue weighted by atomic mass is 16.2. The summed E-state index contributed by atoms with van der Waals surface area (Å²) in [6.07, 6.45) is 4.48. The number of nitrogens with zero attached hydrogens (tertiary/aromatic N) is 2. The molecular formula is C24H31N3O. The van der Waals surface area contributed by atoms with Crippen molar-refractivity contribution < 1.29 is 4.79 Å². The van der Waals surface area contributed by atoms with Crippen LogP contribution in [-0.4, -0.2) is 50.1 Å². The van der Waals surface area contributed by atoms with E-state index in [1.165, 1.54) is 12.0 Å². The molecule has 28 heavy (non-hydrogen) atoms. The number of likely N-dealkylation sites (tertiary alicyclic amines) is 1. The van der Waals surface area contributed by atoms with E-state index in [0.717, 1.165) is 43.6 Å². The van der Waals surface area contributed by atoms with Crippen molar-refractivity contribution in [3.05, 3.63) is 65.7 Å². The quantitative estimate of drug-likeness (QED) is 0.881. The largest absolute Gasteiger partial charge is 0.378 e. The summed E-state index contributed by atoms with van der Waals surface area (Å²) in [6, 6.07) is 19.4. The molecule has 0 aliphatic carbocycles. The Morgan fingerprint density at radius 3 is 2.64 bits per heavy atom. The predicted octanol–water partition coefficient (Wildman–Crippen LogP) is 3.89. The van der Waals surface area contributed by atoms with E-state index in [9.17, 15) is 4.79 Å². The number of carbonyl (C=O) groups is 1. The molecular weight excluding hydrogens is 346 g/mol. The molecule has 4 rings (SSSR count). The van der Waals surface area contributed by atoms with Crippen molar-refractivity contribution in [1.82, 2.24) is 10.2 Å². The highest BCUT2D eigenvalue weighted by Gasteiger charge is 2.41. The first-order chi connectivity index (χ1) is 13.6. The minimum Gasteiger partial charge on any atom is -0.378 e. The standard InChI is InChI=1S/C24H31N3O/c1-26(2)20-12-8-11-19(17-20)24(28)27-16-7-6-13-22-23(27)21(14-15-25-22)18-9-4-3-5-10-18/h3-5,8-12,17,21-23,25H,6-7,13-16H2,1-2H3/t21-,22-,23-/m1/s1. The first-order valence-corrected chi connectivity index (χ1v) is 10.5. The molecule has 148 valence electrons. The van der Waals surface area contributed by atoms with Crippen LogP contribution in [0.4, 0.5) is 5.69 Å². The molecule has 2 heterocycles. The number of fused-ring (bicyclic) bond motifs is 1. The third-order valence-corrected chi connectivity index (χ3v) is 6.31. The molecule has 0 spiro atoms. The number of piperidine rings is 1. The first-order valence-electron chi connectivity index (χ1n) is 10.5. The molecule has 1 N–H and O–H groups in total. The zero-order valence-electron chi connectivity index (χ0n) is 17.0. The molecule has 0 unspecified atom stereocenters. The summed E-state index contributed by atoms with van der Waals surface area (Å²) in [7, 11) is 4.03. The van der Waals surface area contributed by atoms with Crippen LogP contribution >= 0.6 is 0 Å². The summed E-state index contributed by atoms with van der Waals surface area (Å²) in [5, 5.41) is 3.72. The summed E-state index contributed by atoms with van der Waals surface area (Å²) in [4.78, 5) is 17.9. The molecule has 0 radical (unpaired) electrons. The van der Waals surface area contributed by atoms with E-state index in [1.54, 1.807) is 0 Å². The van der Waals surface area contributed by atoms with E-state index in [-0.39, 0.29) is 11.9 Å². The molecule has 2 aliphatic heterocycles. The van der Waals surface area contributed by atoms with Crippen molar-refractivity contribution in [2.24, 2.45) is 0 Å². The lowest BCUT2D eigenvalue weighted by Crippen LogP contribution is -2.57. The Labute approximate surface area is 168 Å². The van der Waals surface area contributed by atoms with E-state index in [0.29, 0.717) is 12.0 Å². The van der Waals surface area contributed by atoms with Gasteiger partial charge in [0.1, 0.15) is 0 Å². The molecule has 2 aromatic carbocycles. The molecule has 0 bridgehead atoms. The van der Waals surface area contributed by atoms with Crippen molar-refractivity contribution in [3.63, 3.8) is 0 Å². The number of benzene rings is 2. The van der Waals surface area contributed by atoms with Crippen molar-refractivity contribution in [2.45, 2.75) is 43.7 Å². The number of nitrogens with one attached hydrogen (secondary N) is 1. The van der Waals surface area contributed by atoms with Gasteiger partial charge in [-0.05, 0) is 49.6 Å². The first kappa shape index (κ1) is 19.0. The van der Waals surface area contributed by atoms with Gasteiger partial charge >= 0.3 is 0 Å². The molecule has 1 amide bonds. The summed E-state index contributed by atoms with van der Waals surface area (Å²) in [5.74, 6) is 0.566. The summed E-state index contributed by atoms with van der Waals surface area (Å²) < 4.78 is 0. The average molecular weight is 378 g/mol. The molecule has 3 atom stereocenters. The van der Waals surface area contributed by atoms with Gasteiger partial charge in [-0.1, -0.05) is 42.8 Å². The highest BCUT2D eigenvalue weighted by Crippen LogP contribution is 2.36. The van der Waals surface area contributed by atoms with Crippen LogP contribution in [0.3, 0.4) is 0 Å². The monoisotopic (exact) mass is 377 g/mol. The lowest BCUT2D eigenvalue weighted by Gasteiger charge is -2.44. The molecule has 2 fully saturated rings. The maximum atomic E-state index is 13.6. The summed E-state index contributed by atoms with van der Waals surface area (Å²) in [5.41, 5.74) is 3.23. The Morgan fingerprint density at radius 2 is 1.86 bits per heavy atom. The Morgan fingerprint density at radius 1 is 1.04 bits per heavy atom. The van der Waals surface area contributed by atoms with Crippen molar-refractivity contribution in [3.8, 4) is 0 Å². The third-order valence-electron chi connectivity index (χ3n) is 6.31. The van der Waals surface area contributed by atoms with Gasteiger partial charge in [-0.25, -0.2) is 0 Å². The van der Waals surface area contributed by atoms with Crippen molar-refractivity contribution in [1.29, 1.82) is 0 Å². The predicted molar refractivity (Wildman–Crippen MR) is 115 cm³/mol. The zero-order chi connectivity index (χ0) is 19.5. The van der Waals surface area contributed by atoms with Crippen LogP contribution in [0.2, 0.25) is 0 Å². The lowest BCUT2D eigenvalue weighted by molar-refractivity contribution is 0.0575. The zero-order valence-corrected chi connectivity index (χ0v) is 17.0. The number of hydrogen-bond acceptors (Lipinski definition) is 3. The van der Waals surface area contributed by atoms with Gasteiger partial charge < -0.3 is 15.1 Å². The average Bonchev–Trinajstić information content (AvgIpc) is 2.96. The highest BCUT2D eigenvalue weighted by molar-refractivity contribution is 5.95. The Bertz CT molecular complexity index is 805. The molecule has 0 saturated carbocycles. The molecule has 4 heteroatoms. The van der Waals surface area contributed by atoms with Crippen LogP contribution in [0.1, 0.15) is 47.5 Å². The molecule has 2 aromatic rings. The fraction of sp³-hybridized carbons (Fsp3) is 0.458. The van der Waals surface area contributed by atoms with Gasteiger partial charge in [0.15, 0.2) is 0 Å². The minimum atomic E-state index is 0.172. The normalized spacial score (nSPS) is 24.9. The lowest BCUT2D eigenvalue weighted by atomic mass is 9.80. The third kappa shape index (κ3) is 3.79. The van der Waals surface area contributed by atoms with E-state index in [1.807, 2.05) is 32.3 Å². The van der Waals surface area contributed by atoms with Crippen LogP contribution in [0.5, 0.6) is 0 Å². The second kappa shape index (κ2) is 8.36. The molecule has 2 saturated heterocycles. The van der Waals surface area contributed by atoms with Crippen LogP contribution in [0, 0.1) is 0 Å². The second-order valence-corrected chi connectivity index (χ2v) is 8.30. The number of anilines is 1. The van der Waals surface area contributed by atoms with Crippen molar-refractivity contribution >= 4 is 11.6 Å². The Hall–Kier alpha value is -2.33. The Balaban J connectivity index is 1.69. The smallest absolute Gasteiger partial charge is 0.254 e. The minimum absolute atomic E-state index is 0.172. The number of rotatable bonds is 3. The number of hydrogen-bond donors (Lipinski definition) is 1. The van der Waals surface area contributed by atoms with Gasteiger partial charge in [0.05, 0.1) is 6.04 Å². The maximum Gasteiger partial charge on any atom is 0.254 e. The van der Waals surface area contributed by atoms with Crippen LogP contribution < -0.4 is 10.2 Å². The topological polar surface area (TPSA) is 35.6 Å². The van der Waals surface area contributed by atoms with Gasteiger partial charge in [0.25, 0.3) is 5.91 Å². The fourth-order valence-electron chi connectivity index (χ4n) is 4.88. The fourth-order valence-corrected chi connectivity index (χ4v) is 4.88. The van der Waals surface area contributed by atoms with Crippen LogP contribution in [-0.2, 0) is 0 Å². The SMILES string of the molecule is CN(C)c1cccc(C(=O)N2CCCC[C@H]3NCC[C@H](c4ccccc4)[C@H]32)c1. The van der Waals surface area contributed by atoms with Gasteiger partial charge in [0, 0.05) is 43.9 Å². The van der Waals surface area contributed by atoms with Crippen LogP contribution in [0.25, 0.3) is 0 Å². The molecule has 4 nitrogen and oxygen atoms in total. The van der Waals surface area contributed by atoms with Crippen LogP contribution in [0.15, 0.2) is 54.6 Å². The van der Waals surface area contributed by atoms with Gasteiger partial charge in [-0.15, -0.1) is 0 Å². The van der Waals surface area contributed by atoms with E-state index in [2.05, 4.69) is 51.5 Å². The van der Waals surface area contributed by atoms with Gasteiger partial charge in [0.2, 0.25) is 0 Å². The molecule has 0 aromatic heterocycles.